The first kappa shape index (κ1) is 13.9. The van der Waals surface area contributed by atoms with Gasteiger partial charge in [0.05, 0.1) is 6.04 Å². The van der Waals surface area contributed by atoms with Gasteiger partial charge < -0.3 is 10.3 Å². The van der Waals surface area contributed by atoms with Crippen molar-refractivity contribution in [3.05, 3.63) is 70.3 Å². The standard InChI is InChI=1S/C17H15BrN2O/c1-11(12-2-5-15(18)6-3-12)20-17(21)14-4-7-16-13(10-14)8-9-19-16/h2-11,19H,1H3,(H,20,21)/t11-/m1/s1. The summed E-state index contributed by atoms with van der Waals surface area (Å²) in [6.07, 6.45) is 1.87. The topological polar surface area (TPSA) is 44.9 Å². The largest absolute Gasteiger partial charge is 0.361 e. The predicted molar refractivity (Wildman–Crippen MR) is 88.3 cm³/mol. The molecule has 0 radical (unpaired) electrons. The Morgan fingerprint density at radius 1 is 1.14 bits per heavy atom. The summed E-state index contributed by atoms with van der Waals surface area (Å²) in [6.45, 7) is 1.98. The first-order valence-electron chi connectivity index (χ1n) is 6.77. The van der Waals surface area contributed by atoms with Crippen LogP contribution in [0.1, 0.15) is 28.9 Å². The molecule has 0 unspecified atom stereocenters. The summed E-state index contributed by atoms with van der Waals surface area (Å²) in [5.41, 5.74) is 2.79. The molecule has 0 spiro atoms. The minimum Gasteiger partial charge on any atom is -0.361 e. The molecule has 3 aromatic rings. The van der Waals surface area contributed by atoms with Gasteiger partial charge in [-0.25, -0.2) is 0 Å². The first-order valence-corrected chi connectivity index (χ1v) is 7.56. The van der Waals surface area contributed by atoms with Gasteiger partial charge in [-0.3, -0.25) is 4.79 Å². The summed E-state index contributed by atoms with van der Waals surface area (Å²) in [7, 11) is 0. The maximum absolute atomic E-state index is 12.3. The van der Waals surface area contributed by atoms with E-state index in [0.717, 1.165) is 20.9 Å². The molecule has 3 rings (SSSR count). The Labute approximate surface area is 131 Å². The molecule has 0 saturated heterocycles. The molecule has 1 aromatic heterocycles. The van der Waals surface area contributed by atoms with Crippen molar-refractivity contribution < 1.29 is 4.79 Å². The smallest absolute Gasteiger partial charge is 0.251 e. The summed E-state index contributed by atoms with van der Waals surface area (Å²) in [5.74, 6) is -0.0616. The van der Waals surface area contributed by atoms with Crippen LogP contribution in [-0.2, 0) is 0 Å². The van der Waals surface area contributed by atoms with Crippen LogP contribution in [-0.4, -0.2) is 10.9 Å². The van der Waals surface area contributed by atoms with E-state index in [4.69, 9.17) is 0 Å². The number of halogens is 1. The van der Waals surface area contributed by atoms with E-state index in [1.807, 2.05) is 61.7 Å². The zero-order chi connectivity index (χ0) is 14.8. The van der Waals surface area contributed by atoms with E-state index >= 15 is 0 Å². The Bertz CT molecular complexity index is 777. The van der Waals surface area contributed by atoms with E-state index < -0.39 is 0 Å². The fourth-order valence-corrected chi connectivity index (χ4v) is 2.57. The average molecular weight is 343 g/mol. The van der Waals surface area contributed by atoms with Crippen LogP contribution in [0, 0.1) is 0 Å². The quantitative estimate of drug-likeness (QED) is 0.726. The van der Waals surface area contributed by atoms with Crippen LogP contribution in [0.5, 0.6) is 0 Å². The van der Waals surface area contributed by atoms with Crippen molar-refractivity contribution in [2.45, 2.75) is 13.0 Å². The molecule has 106 valence electrons. The maximum atomic E-state index is 12.3. The minimum absolute atomic E-state index is 0.0347. The summed E-state index contributed by atoms with van der Waals surface area (Å²) in [5, 5.41) is 4.07. The highest BCUT2D eigenvalue weighted by Gasteiger charge is 2.12. The summed E-state index contributed by atoms with van der Waals surface area (Å²) in [6, 6.07) is 15.5. The van der Waals surface area contributed by atoms with Crippen LogP contribution in [0.2, 0.25) is 0 Å². The highest BCUT2D eigenvalue weighted by atomic mass is 79.9. The highest BCUT2D eigenvalue weighted by Crippen LogP contribution is 2.18. The number of rotatable bonds is 3. The van der Waals surface area contributed by atoms with Crippen molar-refractivity contribution in [2.75, 3.05) is 0 Å². The molecule has 3 nitrogen and oxygen atoms in total. The lowest BCUT2D eigenvalue weighted by atomic mass is 10.1. The van der Waals surface area contributed by atoms with Crippen molar-refractivity contribution >= 4 is 32.7 Å². The molecule has 1 heterocycles. The van der Waals surface area contributed by atoms with Gasteiger partial charge in [-0.1, -0.05) is 28.1 Å². The van der Waals surface area contributed by atoms with Gasteiger partial charge >= 0.3 is 0 Å². The molecule has 0 aliphatic carbocycles. The van der Waals surface area contributed by atoms with Crippen LogP contribution >= 0.6 is 15.9 Å². The predicted octanol–water partition coefficient (Wildman–Crippen LogP) is 4.42. The SMILES string of the molecule is C[C@@H](NC(=O)c1ccc2[nH]ccc2c1)c1ccc(Br)cc1. The van der Waals surface area contributed by atoms with Gasteiger partial charge in [-0.15, -0.1) is 0 Å². The second-order valence-electron chi connectivity index (χ2n) is 5.03. The van der Waals surface area contributed by atoms with Gasteiger partial charge in [0.1, 0.15) is 0 Å². The van der Waals surface area contributed by atoms with Crippen LogP contribution in [0.4, 0.5) is 0 Å². The number of fused-ring (bicyclic) bond motifs is 1. The van der Waals surface area contributed by atoms with Crippen LogP contribution in [0.3, 0.4) is 0 Å². The molecule has 1 atom stereocenters. The maximum Gasteiger partial charge on any atom is 0.251 e. The number of hydrogen-bond acceptors (Lipinski definition) is 1. The Kier molecular flexibility index (Phi) is 3.80. The number of aromatic nitrogens is 1. The summed E-state index contributed by atoms with van der Waals surface area (Å²) >= 11 is 3.41. The van der Waals surface area contributed by atoms with E-state index in [2.05, 4.69) is 26.2 Å². The molecular formula is C17H15BrN2O. The number of H-pyrrole nitrogens is 1. The molecule has 0 fully saturated rings. The molecule has 0 aliphatic rings. The first-order chi connectivity index (χ1) is 10.1. The van der Waals surface area contributed by atoms with E-state index in [0.29, 0.717) is 5.56 Å². The van der Waals surface area contributed by atoms with Gasteiger partial charge in [0, 0.05) is 27.1 Å². The third kappa shape index (κ3) is 3.00. The Morgan fingerprint density at radius 2 is 1.90 bits per heavy atom. The van der Waals surface area contributed by atoms with E-state index in [9.17, 15) is 4.79 Å². The molecule has 0 saturated carbocycles. The van der Waals surface area contributed by atoms with E-state index in [1.165, 1.54) is 0 Å². The monoisotopic (exact) mass is 342 g/mol. The summed E-state index contributed by atoms with van der Waals surface area (Å²) < 4.78 is 1.03. The second-order valence-corrected chi connectivity index (χ2v) is 5.94. The number of hydrogen-bond donors (Lipinski definition) is 2. The zero-order valence-electron chi connectivity index (χ0n) is 11.6. The van der Waals surface area contributed by atoms with E-state index in [-0.39, 0.29) is 11.9 Å². The van der Waals surface area contributed by atoms with Crippen molar-refractivity contribution in [2.24, 2.45) is 0 Å². The Morgan fingerprint density at radius 3 is 2.67 bits per heavy atom. The number of carbonyl (C=O) groups is 1. The molecule has 0 aliphatic heterocycles. The van der Waals surface area contributed by atoms with Crippen LogP contribution in [0.25, 0.3) is 10.9 Å². The minimum atomic E-state index is -0.0616. The van der Waals surface area contributed by atoms with Gasteiger partial charge in [0.2, 0.25) is 0 Å². The third-order valence-corrected chi connectivity index (χ3v) is 4.06. The highest BCUT2D eigenvalue weighted by molar-refractivity contribution is 9.10. The molecule has 21 heavy (non-hydrogen) atoms. The van der Waals surface area contributed by atoms with Crippen molar-refractivity contribution in [1.29, 1.82) is 0 Å². The molecule has 0 bridgehead atoms. The third-order valence-electron chi connectivity index (χ3n) is 3.53. The number of amides is 1. The van der Waals surface area contributed by atoms with Crippen LogP contribution < -0.4 is 5.32 Å². The van der Waals surface area contributed by atoms with Gasteiger partial charge in [-0.2, -0.15) is 0 Å². The zero-order valence-corrected chi connectivity index (χ0v) is 13.1. The Balaban J connectivity index is 1.77. The van der Waals surface area contributed by atoms with E-state index in [1.54, 1.807) is 0 Å². The lowest BCUT2D eigenvalue weighted by Crippen LogP contribution is -2.26. The number of benzene rings is 2. The molecular weight excluding hydrogens is 328 g/mol. The fourth-order valence-electron chi connectivity index (χ4n) is 2.31. The Hall–Kier alpha value is -2.07. The second kappa shape index (κ2) is 5.74. The van der Waals surface area contributed by atoms with Crippen molar-refractivity contribution in [1.82, 2.24) is 10.3 Å². The number of carbonyl (C=O) groups excluding carboxylic acids is 1. The fraction of sp³-hybridized carbons (Fsp3) is 0.118. The van der Waals surface area contributed by atoms with Gasteiger partial charge in [-0.05, 0) is 48.9 Å². The van der Waals surface area contributed by atoms with Gasteiger partial charge in [0.25, 0.3) is 5.91 Å². The number of nitrogens with one attached hydrogen (secondary N) is 2. The molecule has 1 amide bonds. The lowest BCUT2D eigenvalue weighted by Gasteiger charge is -2.14. The van der Waals surface area contributed by atoms with Crippen LogP contribution in [0.15, 0.2) is 59.2 Å². The molecule has 2 aromatic carbocycles. The number of aromatic amines is 1. The van der Waals surface area contributed by atoms with Crippen molar-refractivity contribution in [3.8, 4) is 0 Å². The van der Waals surface area contributed by atoms with Gasteiger partial charge in [0.15, 0.2) is 0 Å². The van der Waals surface area contributed by atoms with Crippen molar-refractivity contribution in [3.63, 3.8) is 0 Å². The molecule has 2 N–H and O–H groups in total. The molecule has 4 heteroatoms. The average Bonchev–Trinajstić information content (AvgIpc) is 2.95. The lowest BCUT2D eigenvalue weighted by molar-refractivity contribution is 0.0940. The summed E-state index contributed by atoms with van der Waals surface area (Å²) in [4.78, 5) is 15.5. The normalized spacial score (nSPS) is 12.3.